The molecule has 0 heterocycles. The Kier molecular flexibility index (Phi) is 7.28. The van der Waals surface area contributed by atoms with Crippen molar-refractivity contribution in [3.63, 3.8) is 0 Å². The van der Waals surface area contributed by atoms with E-state index in [-0.39, 0.29) is 0 Å². The predicted molar refractivity (Wildman–Crippen MR) is 56.5 cm³/mol. The van der Waals surface area contributed by atoms with E-state index in [1.165, 1.54) is 19.1 Å². The first-order chi connectivity index (χ1) is 6.06. The van der Waals surface area contributed by atoms with Crippen molar-refractivity contribution in [1.29, 1.82) is 0 Å². The summed E-state index contributed by atoms with van der Waals surface area (Å²) in [5, 5.41) is 0. The molecule has 0 aromatic rings. The van der Waals surface area contributed by atoms with Crippen molar-refractivity contribution in [3.8, 4) is 0 Å². The minimum absolute atomic E-state index is 0.337. The van der Waals surface area contributed by atoms with Gasteiger partial charge in [-0.05, 0) is 19.4 Å². The molecule has 0 aromatic carbocycles. The van der Waals surface area contributed by atoms with E-state index in [0.717, 1.165) is 32.2 Å². The van der Waals surface area contributed by atoms with Crippen molar-refractivity contribution in [3.05, 3.63) is 0 Å². The van der Waals surface area contributed by atoms with E-state index in [9.17, 15) is 8.42 Å². The van der Waals surface area contributed by atoms with Gasteiger partial charge in [0.25, 0.3) is 0 Å². The van der Waals surface area contributed by atoms with E-state index < -0.39 is 9.84 Å². The van der Waals surface area contributed by atoms with Crippen LogP contribution in [0.1, 0.15) is 38.5 Å². The Bertz CT molecular complexity index is 200. The van der Waals surface area contributed by atoms with Crippen LogP contribution < -0.4 is 5.73 Å². The third kappa shape index (κ3) is 11.9. The molecule has 80 valence electrons. The molecule has 0 aliphatic heterocycles. The van der Waals surface area contributed by atoms with Gasteiger partial charge in [-0.1, -0.05) is 25.7 Å². The molecule has 3 nitrogen and oxygen atoms in total. The number of hydrogen-bond donors (Lipinski definition) is 1. The Balaban J connectivity index is 3.09. The van der Waals surface area contributed by atoms with Gasteiger partial charge in [-0.2, -0.15) is 0 Å². The molecule has 0 fully saturated rings. The van der Waals surface area contributed by atoms with Gasteiger partial charge in [-0.25, -0.2) is 8.42 Å². The van der Waals surface area contributed by atoms with Crippen LogP contribution >= 0.6 is 0 Å². The van der Waals surface area contributed by atoms with Crippen LogP contribution in [-0.2, 0) is 9.84 Å². The zero-order chi connectivity index (χ0) is 10.2. The van der Waals surface area contributed by atoms with Crippen molar-refractivity contribution >= 4 is 9.84 Å². The number of sulfone groups is 1. The first-order valence-electron chi connectivity index (χ1n) is 4.94. The van der Waals surface area contributed by atoms with Gasteiger partial charge in [-0.3, -0.25) is 0 Å². The second-order valence-electron chi connectivity index (χ2n) is 3.54. The number of nitrogens with two attached hydrogens (primary N) is 1. The van der Waals surface area contributed by atoms with Gasteiger partial charge in [-0.15, -0.1) is 0 Å². The summed E-state index contributed by atoms with van der Waals surface area (Å²) < 4.78 is 21.5. The zero-order valence-corrected chi connectivity index (χ0v) is 9.28. The third-order valence-corrected chi connectivity index (χ3v) is 3.00. The van der Waals surface area contributed by atoms with Gasteiger partial charge < -0.3 is 5.73 Å². The van der Waals surface area contributed by atoms with Gasteiger partial charge in [0.15, 0.2) is 0 Å². The van der Waals surface area contributed by atoms with Crippen LogP contribution in [0, 0.1) is 0 Å². The lowest BCUT2D eigenvalue weighted by molar-refractivity contribution is 0.586. The molecule has 0 bridgehead atoms. The molecule has 0 rings (SSSR count). The van der Waals surface area contributed by atoms with Crippen LogP contribution in [0.15, 0.2) is 0 Å². The molecule has 0 unspecified atom stereocenters. The molecule has 0 saturated heterocycles. The summed E-state index contributed by atoms with van der Waals surface area (Å²) in [6.45, 7) is 0.767. The highest BCUT2D eigenvalue weighted by Gasteiger charge is 2.00. The quantitative estimate of drug-likeness (QED) is 0.611. The van der Waals surface area contributed by atoms with E-state index in [1.54, 1.807) is 0 Å². The van der Waals surface area contributed by atoms with E-state index in [4.69, 9.17) is 5.73 Å². The summed E-state index contributed by atoms with van der Waals surface area (Å²) >= 11 is 0. The van der Waals surface area contributed by atoms with E-state index >= 15 is 0 Å². The Morgan fingerprint density at radius 1 is 0.923 bits per heavy atom. The maximum absolute atomic E-state index is 10.7. The SMILES string of the molecule is CS(=O)(=O)CCCCCCCCN. The first-order valence-corrected chi connectivity index (χ1v) is 7.00. The van der Waals surface area contributed by atoms with Crippen LogP contribution in [-0.4, -0.2) is 27.0 Å². The molecule has 13 heavy (non-hydrogen) atoms. The Morgan fingerprint density at radius 3 is 1.85 bits per heavy atom. The lowest BCUT2D eigenvalue weighted by Gasteiger charge is -1.99. The lowest BCUT2D eigenvalue weighted by atomic mass is 10.1. The Labute approximate surface area is 81.6 Å². The van der Waals surface area contributed by atoms with Crippen LogP contribution in [0.2, 0.25) is 0 Å². The summed E-state index contributed by atoms with van der Waals surface area (Å²) in [5.74, 6) is 0.337. The van der Waals surface area contributed by atoms with Crippen molar-refractivity contribution in [1.82, 2.24) is 0 Å². The van der Waals surface area contributed by atoms with Gasteiger partial charge in [0.2, 0.25) is 0 Å². The highest BCUT2D eigenvalue weighted by molar-refractivity contribution is 7.90. The molecule has 2 N–H and O–H groups in total. The van der Waals surface area contributed by atoms with Crippen molar-refractivity contribution < 1.29 is 8.42 Å². The molecule has 0 aliphatic carbocycles. The first kappa shape index (κ1) is 12.9. The van der Waals surface area contributed by atoms with Crippen LogP contribution in [0.25, 0.3) is 0 Å². The summed E-state index contributed by atoms with van der Waals surface area (Å²) in [7, 11) is -2.74. The summed E-state index contributed by atoms with van der Waals surface area (Å²) in [5.41, 5.74) is 5.35. The fraction of sp³-hybridized carbons (Fsp3) is 1.00. The topological polar surface area (TPSA) is 60.2 Å². The standard InChI is InChI=1S/C9H21NO2S/c1-13(11,12)9-7-5-3-2-4-6-8-10/h2-10H2,1H3. The third-order valence-electron chi connectivity index (χ3n) is 1.97. The smallest absolute Gasteiger partial charge is 0.147 e. The normalized spacial score (nSPS) is 11.8. The lowest BCUT2D eigenvalue weighted by Crippen LogP contribution is -2.02. The monoisotopic (exact) mass is 207 g/mol. The summed E-state index contributed by atoms with van der Waals surface area (Å²) in [4.78, 5) is 0. The summed E-state index contributed by atoms with van der Waals surface area (Å²) in [6, 6.07) is 0. The van der Waals surface area contributed by atoms with Gasteiger partial charge in [0, 0.05) is 12.0 Å². The average Bonchev–Trinajstić information content (AvgIpc) is 2.01. The molecule has 0 saturated carbocycles. The molecule has 0 radical (unpaired) electrons. The van der Waals surface area contributed by atoms with E-state index in [0.29, 0.717) is 5.75 Å². The van der Waals surface area contributed by atoms with Crippen LogP contribution in [0.3, 0.4) is 0 Å². The number of hydrogen-bond acceptors (Lipinski definition) is 3. The largest absolute Gasteiger partial charge is 0.330 e. The number of unbranched alkanes of at least 4 members (excludes halogenated alkanes) is 5. The molecule has 0 aromatic heterocycles. The molecule has 0 amide bonds. The maximum atomic E-state index is 10.7. The predicted octanol–water partition coefficient (Wildman–Crippen LogP) is 1.33. The highest BCUT2D eigenvalue weighted by Crippen LogP contribution is 2.05. The Hall–Kier alpha value is -0.0900. The van der Waals surface area contributed by atoms with Crippen molar-refractivity contribution in [2.75, 3.05) is 18.6 Å². The van der Waals surface area contributed by atoms with Crippen molar-refractivity contribution in [2.45, 2.75) is 38.5 Å². The van der Waals surface area contributed by atoms with E-state index in [2.05, 4.69) is 0 Å². The second-order valence-corrected chi connectivity index (χ2v) is 5.80. The molecule has 0 spiro atoms. The molecule has 4 heteroatoms. The molecular weight excluding hydrogens is 186 g/mol. The molecule has 0 aliphatic rings. The Morgan fingerprint density at radius 2 is 1.38 bits per heavy atom. The average molecular weight is 207 g/mol. The summed E-state index contributed by atoms with van der Waals surface area (Å²) in [6.07, 6.45) is 7.71. The van der Waals surface area contributed by atoms with Crippen LogP contribution in [0.5, 0.6) is 0 Å². The fourth-order valence-electron chi connectivity index (χ4n) is 1.22. The van der Waals surface area contributed by atoms with Crippen LogP contribution in [0.4, 0.5) is 0 Å². The highest BCUT2D eigenvalue weighted by atomic mass is 32.2. The molecule has 0 atom stereocenters. The minimum atomic E-state index is -2.74. The minimum Gasteiger partial charge on any atom is -0.330 e. The van der Waals surface area contributed by atoms with Gasteiger partial charge in [0.1, 0.15) is 9.84 Å². The maximum Gasteiger partial charge on any atom is 0.147 e. The van der Waals surface area contributed by atoms with E-state index in [1.807, 2.05) is 0 Å². The molecular formula is C9H21NO2S. The van der Waals surface area contributed by atoms with Gasteiger partial charge >= 0.3 is 0 Å². The zero-order valence-electron chi connectivity index (χ0n) is 8.46. The number of rotatable bonds is 8. The van der Waals surface area contributed by atoms with Crippen molar-refractivity contribution in [2.24, 2.45) is 5.73 Å². The fourth-order valence-corrected chi connectivity index (χ4v) is 1.94. The van der Waals surface area contributed by atoms with Gasteiger partial charge in [0.05, 0.1) is 0 Å². The second kappa shape index (κ2) is 7.33.